The van der Waals surface area contributed by atoms with Gasteiger partial charge in [0.2, 0.25) is 6.41 Å². The fourth-order valence-electron chi connectivity index (χ4n) is 2.41. The van der Waals surface area contributed by atoms with Crippen molar-refractivity contribution in [3.63, 3.8) is 0 Å². The van der Waals surface area contributed by atoms with Crippen LogP contribution in [-0.2, 0) is 19.1 Å². The Kier molecular flexibility index (Phi) is 12.3. The second-order valence-electron chi connectivity index (χ2n) is 9.63. The number of aldehydes is 1. The van der Waals surface area contributed by atoms with Crippen molar-refractivity contribution in [3.05, 3.63) is 67.0 Å². The summed E-state index contributed by atoms with van der Waals surface area (Å²) in [6.07, 6.45) is 7.16. The van der Waals surface area contributed by atoms with Crippen LogP contribution in [-0.4, -0.2) is 57.3 Å². The van der Waals surface area contributed by atoms with Crippen LogP contribution in [0, 0.1) is 0 Å². The summed E-state index contributed by atoms with van der Waals surface area (Å²) in [5, 5.41) is 9.59. The Morgan fingerprint density at radius 2 is 1.45 bits per heavy atom. The van der Waals surface area contributed by atoms with E-state index in [1.54, 1.807) is 66.0 Å². The maximum absolute atomic E-state index is 11.8. The number of anilines is 1. The van der Waals surface area contributed by atoms with Crippen molar-refractivity contribution < 1.29 is 33.2 Å². The summed E-state index contributed by atoms with van der Waals surface area (Å²) in [6.45, 7) is 11.1. The monoisotopic (exact) mass is 527 g/mol. The van der Waals surface area contributed by atoms with Crippen LogP contribution >= 0.6 is 0 Å². The number of carbonyl (C=O) groups is 4. The summed E-state index contributed by atoms with van der Waals surface area (Å²) in [5.41, 5.74) is 6.57. The minimum atomic E-state index is -0.503. The van der Waals surface area contributed by atoms with Gasteiger partial charge in [0.15, 0.2) is 12.4 Å². The molecule has 3 rings (SSSR count). The molecule has 3 N–H and O–H groups in total. The highest BCUT2D eigenvalue weighted by molar-refractivity contribution is 5.90. The van der Waals surface area contributed by atoms with Crippen LogP contribution in [0.5, 0.6) is 0 Å². The molecule has 0 spiro atoms. The molecule has 2 heterocycles. The van der Waals surface area contributed by atoms with Crippen molar-refractivity contribution in [1.82, 2.24) is 20.1 Å². The summed E-state index contributed by atoms with van der Waals surface area (Å²) < 4.78 is 13.6. The van der Waals surface area contributed by atoms with E-state index in [0.717, 1.165) is 5.69 Å². The average Bonchev–Trinajstić information content (AvgIpc) is 3.37. The minimum absolute atomic E-state index is 0.115. The van der Waals surface area contributed by atoms with Crippen LogP contribution in [0.4, 0.5) is 10.5 Å². The number of aromatic nitrogens is 4. The zero-order valence-electron chi connectivity index (χ0n) is 22.5. The minimum Gasteiger partial charge on any atom is -0.456 e. The van der Waals surface area contributed by atoms with E-state index in [-0.39, 0.29) is 12.5 Å². The molecule has 0 aliphatic carbocycles. The summed E-state index contributed by atoms with van der Waals surface area (Å²) in [5.74, 6) is -0.322. The Morgan fingerprint density at radius 3 is 1.87 bits per heavy atom. The molecule has 0 saturated heterocycles. The predicted octanol–water partition coefficient (Wildman–Crippen LogP) is 2.49. The molecule has 38 heavy (non-hydrogen) atoms. The molecule has 0 unspecified atom stereocenters. The lowest BCUT2D eigenvalue weighted by molar-refractivity contribution is -0.588. The molecule has 1 amide bonds. The van der Waals surface area contributed by atoms with Gasteiger partial charge in [-0.1, -0.05) is 4.57 Å². The van der Waals surface area contributed by atoms with E-state index < -0.39 is 17.3 Å². The number of nitrogens with one attached hydrogen (secondary N) is 1. The summed E-state index contributed by atoms with van der Waals surface area (Å²) >= 11 is 0. The Morgan fingerprint density at radius 1 is 0.921 bits per heavy atom. The zero-order chi connectivity index (χ0) is 28.8. The first-order chi connectivity index (χ1) is 17.8. The number of carbonyl (C=O) groups excluding carboxylic acids is 4. The van der Waals surface area contributed by atoms with E-state index in [0.29, 0.717) is 23.9 Å². The van der Waals surface area contributed by atoms with Crippen molar-refractivity contribution in [2.75, 3.05) is 12.3 Å². The smallest absolute Gasteiger partial charge is 0.456 e. The van der Waals surface area contributed by atoms with Gasteiger partial charge in [0.05, 0.1) is 17.8 Å². The van der Waals surface area contributed by atoms with E-state index >= 15 is 0 Å². The number of rotatable bonds is 5. The number of nitrogens with two attached hydrogens (primary N) is 1. The highest BCUT2D eigenvalue weighted by Crippen LogP contribution is 2.13. The fourth-order valence-corrected chi connectivity index (χ4v) is 2.41. The molecule has 204 valence electrons. The number of esters is 1. The Bertz CT molecular complexity index is 1140. The number of pyridine rings is 1. The van der Waals surface area contributed by atoms with Crippen LogP contribution in [0.1, 0.15) is 51.9 Å². The molecule has 2 aromatic heterocycles. The van der Waals surface area contributed by atoms with E-state index in [1.165, 1.54) is 4.57 Å². The number of hydrogen-bond donors (Lipinski definition) is 2. The van der Waals surface area contributed by atoms with Crippen LogP contribution < -0.4 is 15.6 Å². The van der Waals surface area contributed by atoms with Crippen molar-refractivity contribution in [2.45, 2.75) is 52.7 Å². The quantitative estimate of drug-likeness (QED) is 0.167. The molecule has 0 aliphatic heterocycles. The van der Waals surface area contributed by atoms with Crippen LogP contribution in [0.15, 0.2) is 61.4 Å². The topological polar surface area (TPSA) is 159 Å². The summed E-state index contributed by atoms with van der Waals surface area (Å²) in [6, 6.07) is 10.2. The van der Waals surface area contributed by atoms with Crippen molar-refractivity contribution in [3.8, 4) is 5.69 Å². The number of ether oxygens (including phenoxy) is 2. The fraction of sp³-hybridized carbons (Fsp3) is 0.346. The highest BCUT2D eigenvalue weighted by Gasteiger charge is 2.24. The third-order valence-electron chi connectivity index (χ3n) is 3.96. The number of nitrogens with zero attached hydrogens (tertiary/aromatic N) is 4. The van der Waals surface area contributed by atoms with Crippen molar-refractivity contribution in [2.24, 2.45) is 0 Å². The van der Waals surface area contributed by atoms with E-state index in [1.807, 2.05) is 41.5 Å². The Hall–Kier alpha value is -4.61. The Labute approximate surface area is 221 Å². The normalized spacial score (nSPS) is 10.5. The third-order valence-corrected chi connectivity index (χ3v) is 3.96. The SMILES string of the molecule is CC(C)(C)OC(=O)[n+]1ccc(-n2cnnc2)cc1.CC(C)(C)OC(=O)c1ccc(N)cc1.O=CCNC=O. The zero-order valence-corrected chi connectivity index (χ0v) is 22.5. The van der Waals surface area contributed by atoms with Gasteiger partial charge in [0.25, 0.3) is 0 Å². The Balaban J connectivity index is 0.000000321. The van der Waals surface area contributed by atoms with Gasteiger partial charge in [-0.3, -0.25) is 9.36 Å². The molecule has 0 bridgehead atoms. The molecule has 0 atom stereocenters. The lowest BCUT2D eigenvalue weighted by Crippen LogP contribution is -2.45. The first-order valence-corrected chi connectivity index (χ1v) is 11.5. The van der Waals surface area contributed by atoms with Crippen LogP contribution in [0.25, 0.3) is 5.69 Å². The maximum atomic E-state index is 11.8. The second kappa shape index (κ2) is 14.8. The van der Waals surface area contributed by atoms with Crippen molar-refractivity contribution >= 4 is 30.4 Å². The van der Waals surface area contributed by atoms with Gasteiger partial charge in [-0.25, -0.2) is 4.79 Å². The molecular formula is C26H35N6O6+. The predicted molar refractivity (Wildman–Crippen MR) is 139 cm³/mol. The molecule has 0 fully saturated rings. The maximum Gasteiger partial charge on any atom is 0.602 e. The molecule has 1 aromatic carbocycles. The second-order valence-corrected chi connectivity index (χ2v) is 9.63. The largest absolute Gasteiger partial charge is 0.602 e. The summed E-state index contributed by atoms with van der Waals surface area (Å²) in [7, 11) is 0. The van der Waals surface area contributed by atoms with Gasteiger partial charge >= 0.3 is 12.1 Å². The number of hydrogen-bond acceptors (Lipinski definition) is 9. The van der Waals surface area contributed by atoms with Crippen LogP contribution in [0.3, 0.4) is 0 Å². The van der Waals surface area contributed by atoms with E-state index in [9.17, 15) is 19.2 Å². The van der Waals surface area contributed by atoms with Gasteiger partial charge < -0.3 is 25.3 Å². The first-order valence-electron chi connectivity index (χ1n) is 11.5. The number of benzene rings is 1. The first kappa shape index (κ1) is 31.4. The van der Waals surface area contributed by atoms with E-state index in [4.69, 9.17) is 15.2 Å². The molecular weight excluding hydrogens is 492 g/mol. The standard InChI is InChI=1S/C12H15N4O2.C11H15NO2.C3H5NO2/c1-12(2,3)18-11(17)15-6-4-10(5-7-15)16-8-13-14-9-16;1-11(2,3)14-10(13)8-4-6-9(12)7-5-8;5-2-1-4-3-6/h4-9H,1-3H3;4-7H,12H2,1-3H3;2-3H,1H2,(H,4,6)/q+1;;. The van der Waals surface area contributed by atoms with Gasteiger partial charge in [-0.05, 0) is 65.8 Å². The summed E-state index contributed by atoms with van der Waals surface area (Å²) in [4.78, 5) is 41.9. The van der Waals surface area contributed by atoms with Gasteiger partial charge in [-0.2, -0.15) is 4.79 Å². The highest BCUT2D eigenvalue weighted by atomic mass is 16.6. The molecule has 0 aliphatic rings. The molecule has 12 heteroatoms. The van der Waals surface area contributed by atoms with E-state index in [2.05, 4.69) is 15.5 Å². The molecule has 12 nitrogen and oxygen atoms in total. The molecule has 3 aromatic rings. The number of nitrogen functional groups attached to an aromatic ring is 1. The van der Waals surface area contributed by atoms with Gasteiger partial charge in [-0.15, -0.1) is 10.2 Å². The number of amides is 1. The van der Waals surface area contributed by atoms with Crippen LogP contribution in [0.2, 0.25) is 0 Å². The average molecular weight is 528 g/mol. The lowest BCUT2D eigenvalue weighted by Gasteiger charge is -2.19. The molecule has 0 saturated carbocycles. The van der Waals surface area contributed by atoms with Gasteiger partial charge in [0.1, 0.15) is 30.1 Å². The van der Waals surface area contributed by atoms with Gasteiger partial charge in [0, 0.05) is 17.8 Å². The molecule has 0 radical (unpaired) electrons. The third kappa shape index (κ3) is 12.9. The lowest BCUT2D eigenvalue weighted by atomic mass is 10.1. The van der Waals surface area contributed by atoms with Crippen molar-refractivity contribution in [1.29, 1.82) is 0 Å².